The van der Waals surface area contributed by atoms with Crippen LogP contribution >= 0.6 is 15.9 Å². The van der Waals surface area contributed by atoms with Crippen molar-refractivity contribution in [2.75, 3.05) is 25.5 Å². The summed E-state index contributed by atoms with van der Waals surface area (Å²) in [6.45, 7) is 3.90. The highest BCUT2D eigenvalue weighted by atomic mass is 79.9. The highest BCUT2D eigenvalue weighted by molar-refractivity contribution is 9.10. The van der Waals surface area contributed by atoms with Gasteiger partial charge >= 0.3 is 0 Å². The van der Waals surface area contributed by atoms with Crippen molar-refractivity contribution in [2.24, 2.45) is 0 Å². The van der Waals surface area contributed by atoms with Gasteiger partial charge in [0.15, 0.2) is 0 Å². The fourth-order valence-electron chi connectivity index (χ4n) is 3.27. The van der Waals surface area contributed by atoms with Gasteiger partial charge < -0.3 is 14.9 Å². The summed E-state index contributed by atoms with van der Waals surface area (Å²) in [5, 5.41) is 10.9. The number of ketones is 1. The van der Waals surface area contributed by atoms with Crippen LogP contribution in [0.4, 0.5) is 5.69 Å². The smallest absolute Gasteiger partial charge is 0.295 e. The van der Waals surface area contributed by atoms with Crippen molar-refractivity contribution in [1.82, 2.24) is 4.90 Å². The van der Waals surface area contributed by atoms with E-state index in [2.05, 4.69) is 22.5 Å². The second-order valence-electron chi connectivity index (χ2n) is 6.73. The first kappa shape index (κ1) is 19.9. The van der Waals surface area contributed by atoms with E-state index in [0.29, 0.717) is 5.56 Å². The van der Waals surface area contributed by atoms with E-state index in [1.54, 1.807) is 30.3 Å². The van der Waals surface area contributed by atoms with E-state index >= 15 is 0 Å². The molecule has 2 aromatic rings. The minimum Gasteiger partial charge on any atom is -0.507 e. The molecule has 0 unspecified atom stereocenters. The third kappa shape index (κ3) is 3.60. The van der Waals surface area contributed by atoms with Crippen LogP contribution in [0, 0.1) is 0 Å². The summed E-state index contributed by atoms with van der Waals surface area (Å²) >= 11 is 3.35. The average molecular weight is 441 g/mol. The lowest BCUT2D eigenvalue weighted by atomic mass is 9.95. The zero-order valence-electron chi connectivity index (χ0n) is 15.7. The average Bonchev–Trinajstić information content (AvgIpc) is 2.93. The van der Waals surface area contributed by atoms with Gasteiger partial charge in [-0.3, -0.25) is 9.59 Å². The van der Waals surface area contributed by atoms with Gasteiger partial charge in [0.25, 0.3) is 11.7 Å². The number of anilines is 1. The van der Waals surface area contributed by atoms with Crippen LogP contribution in [0.1, 0.15) is 17.2 Å². The Balaban J connectivity index is 2.15. The van der Waals surface area contributed by atoms with Crippen LogP contribution in [0.25, 0.3) is 5.76 Å². The number of amides is 1. The van der Waals surface area contributed by atoms with Crippen molar-refractivity contribution in [3.63, 3.8) is 0 Å². The van der Waals surface area contributed by atoms with E-state index in [4.69, 9.17) is 0 Å². The maximum atomic E-state index is 12.8. The normalized spacial score (nSPS) is 18.4. The number of hydrogen-bond acceptors (Lipinski definition) is 4. The molecule has 1 amide bonds. The number of carbonyl (C=O) groups excluding carboxylic acids is 2. The number of halogens is 1. The molecule has 1 heterocycles. The molecule has 1 atom stereocenters. The zero-order chi connectivity index (χ0) is 20.4. The SMILES string of the molecule is C=CCN1C(=O)C(=O)/C(=C(/O)c2ccc(Br)cc2)[C@H]1c1ccc(N(C)C)cc1. The molecule has 1 N–H and O–H groups in total. The van der Waals surface area contributed by atoms with Crippen LogP contribution in [0.5, 0.6) is 0 Å². The predicted molar refractivity (Wildman–Crippen MR) is 114 cm³/mol. The molecular weight excluding hydrogens is 420 g/mol. The minimum atomic E-state index is -0.691. The monoisotopic (exact) mass is 440 g/mol. The van der Waals surface area contributed by atoms with Crippen molar-refractivity contribution in [3.05, 3.63) is 82.4 Å². The molecule has 0 aliphatic carbocycles. The molecule has 5 nitrogen and oxygen atoms in total. The Kier molecular flexibility index (Phi) is 5.70. The fraction of sp³-hybridized carbons (Fsp3) is 0.182. The molecule has 1 saturated heterocycles. The van der Waals surface area contributed by atoms with Gasteiger partial charge in [0.2, 0.25) is 0 Å². The Bertz CT molecular complexity index is 947. The Hall–Kier alpha value is -2.86. The summed E-state index contributed by atoms with van der Waals surface area (Å²) < 4.78 is 0.854. The van der Waals surface area contributed by atoms with E-state index in [0.717, 1.165) is 15.7 Å². The molecule has 2 aromatic carbocycles. The van der Waals surface area contributed by atoms with Gasteiger partial charge in [-0.2, -0.15) is 0 Å². The van der Waals surface area contributed by atoms with Crippen molar-refractivity contribution < 1.29 is 14.7 Å². The zero-order valence-corrected chi connectivity index (χ0v) is 17.3. The molecule has 28 heavy (non-hydrogen) atoms. The number of aliphatic hydroxyl groups excluding tert-OH is 1. The Labute approximate surface area is 172 Å². The van der Waals surface area contributed by atoms with Gasteiger partial charge in [-0.15, -0.1) is 6.58 Å². The maximum Gasteiger partial charge on any atom is 0.295 e. The third-order valence-corrected chi connectivity index (χ3v) is 5.24. The van der Waals surface area contributed by atoms with Crippen LogP contribution in [-0.2, 0) is 9.59 Å². The summed E-state index contributed by atoms with van der Waals surface area (Å²) in [7, 11) is 3.87. The number of benzene rings is 2. The van der Waals surface area contributed by atoms with E-state index in [1.165, 1.54) is 4.90 Å². The number of nitrogens with zero attached hydrogens (tertiary/aromatic N) is 2. The largest absolute Gasteiger partial charge is 0.507 e. The van der Waals surface area contributed by atoms with Crippen LogP contribution in [0.15, 0.2) is 71.2 Å². The number of likely N-dealkylation sites (tertiary alicyclic amines) is 1. The van der Waals surface area contributed by atoms with E-state index in [-0.39, 0.29) is 17.9 Å². The van der Waals surface area contributed by atoms with Gasteiger partial charge in [0, 0.05) is 36.4 Å². The maximum absolute atomic E-state index is 12.8. The quantitative estimate of drug-likeness (QED) is 0.328. The number of aliphatic hydroxyl groups is 1. The lowest BCUT2D eigenvalue weighted by Gasteiger charge is -2.24. The lowest BCUT2D eigenvalue weighted by molar-refractivity contribution is -0.139. The van der Waals surface area contributed by atoms with Crippen molar-refractivity contribution in [2.45, 2.75) is 6.04 Å². The Morgan fingerprint density at radius 2 is 1.75 bits per heavy atom. The molecule has 144 valence electrons. The highest BCUT2D eigenvalue weighted by Gasteiger charge is 2.45. The van der Waals surface area contributed by atoms with Crippen molar-refractivity contribution in [1.29, 1.82) is 0 Å². The number of Topliss-reactive ketones (excluding diaryl/α,β-unsaturated/α-hetero) is 1. The molecule has 1 aliphatic rings. The number of hydrogen-bond donors (Lipinski definition) is 1. The van der Waals surface area contributed by atoms with Crippen molar-refractivity contribution >= 4 is 39.1 Å². The molecule has 6 heteroatoms. The first-order valence-electron chi connectivity index (χ1n) is 8.77. The summed E-state index contributed by atoms with van der Waals surface area (Å²) in [4.78, 5) is 28.8. The van der Waals surface area contributed by atoms with Gasteiger partial charge in [-0.25, -0.2) is 0 Å². The molecule has 1 fully saturated rings. The predicted octanol–water partition coefficient (Wildman–Crippen LogP) is 4.12. The molecule has 1 aliphatic heterocycles. The Morgan fingerprint density at radius 3 is 2.29 bits per heavy atom. The highest BCUT2D eigenvalue weighted by Crippen LogP contribution is 2.39. The molecule has 0 spiro atoms. The standard InChI is InChI=1S/C22H21BrN2O3/c1-4-13-25-19(14-7-11-17(12-8-14)24(2)3)18(21(27)22(25)28)20(26)15-5-9-16(23)10-6-15/h4-12,19,26H,1,13H2,2-3H3/b20-18+/t19-/m1/s1. The van der Waals surface area contributed by atoms with Gasteiger partial charge in [-0.05, 0) is 29.8 Å². The van der Waals surface area contributed by atoms with Crippen LogP contribution in [0.3, 0.4) is 0 Å². The number of carbonyl (C=O) groups is 2. The first-order valence-corrected chi connectivity index (χ1v) is 9.57. The summed E-state index contributed by atoms with van der Waals surface area (Å²) in [5.41, 5.74) is 2.32. The van der Waals surface area contributed by atoms with E-state index < -0.39 is 17.7 Å². The molecular formula is C22H21BrN2O3. The van der Waals surface area contributed by atoms with Gasteiger partial charge in [0.05, 0.1) is 11.6 Å². The summed E-state index contributed by atoms with van der Waals surface area (Å²) in [5.74, 6) is -1.51. The van der Waals surface area contributed by atoms with Gasteiger partial charge in [-0.1, -0.05) is 46.3 Å². The Morgan fingerprint density at radius 1 is 1.14 bits per heavy atom. The summed E-state index contributed by atoms with van der Waals surface area (Å²) in [6, 6.07) is 13.9. The van der Waals surface area contributed by atoms with Crippen molar-refractivity contribution in [3.8, 4) is 0 Å². The van der Waals surface area contributed by atoms with Crippen LogP contribution < -0.4 is 4.90 Å². The topological polar surface area (TPSA) is 60.9 Å². The van der Waals surface area contributed by atoms with Crippen LogP contribution in [0.2, 0.25) is 0 Å². The second kappa shape index (κ2) is 8.02. The van der Waals surface area contributed by atoms with E-state index in [9.17, 15) is 14.7 Å². The molecule has 0 saturated carbocycles. The van der Waals surface area contributed by atoms with E-state index in [1.807, 2.05) is 43.3 Å². The molecule has 0 radical (unpaired) electrons. The summed E-state index contributed by atoms with van der Waals surface area (Å²) in [6.07, 6.45) is 1.58. The minimum absolute atomic E-state index is 0.0896. The molecule has 0 bridgehead atoms. The third-order valence-electron chi connectivity index (χ3n) is 4.71. The fourth-order valence-corrected chi connectivity index (χ4v) is 3.54. The second-order valence-corrected chi connectivity index (χ2v) is 7.65. The molecule has 3 rings (SSSR count). The van der Waals surface area contributed by atoms with Gasteiger partial charge in [0.1, 0.15) is 5.76 Å². The first-order chi connectivity index (χ1) is 13.3. The lowest BCUT2D eigenvalue weighted by Crippen LogP contribution is -2.29. The number of rotatable bonds is 5. The molecule has 0 aromatic heterocycles. The van der Waals surface area contributed by atoms with Crippen LogP contribution in [-0.4, -0.2) is 42.3 Å².